The number of hydrogen-bond acceptors (Lipinski definition) is 0. The second kappa shape index (κ2) is 9.83. The van der Waals surface area contributed by atoms with Crippen molar-refractivity contribution in [3.05, 3.63) is 0 Å². The Morgan fingerprint density at radius 2 is 1.25 bits per heavy atom. The van der Waals surface area contributed by atoms with Crippen molar-refractivity contribution < 1.29 is 8.78 Å². The Morgan fingerprint density at radius 3 is 1.25 bits per heavy atom. The van der Waals surface area contributed by atoms with Gasteiger partial charge < -0.3 is 0 Å². The predicted molar refractivity (Wildman–Crippen MR) is 12.8 cm³/mol. The van der Waals surface area contributed by atoms with Crippen LogP contribution in [0.2, 0.25) is 0 Å². The minimum Gasteiger partial charge on any atom is -0.214 e. The molecule has 0 N–H and O–H groups in total. The maximum Gasteiger partial charge on any atom is 0.229 e. The largest absolute Gasteiger partial charge is 0.229 e. The van der Waals surface area contributed by atoms with E-state index in [9.17, 15) is 8.78 Å². The van der Waals surface area contributed by atoms with Gasteiger partial charge in [-0.3, -0.25) is 0 Å². The van der Waals surface area contributed by atoms with Crippen LogP contribution in [0.5, 0.6) is 0 Å². The van der Waals surface area contributed by atoms with Crippen molar-refractivity contribution in [2.45, 2.75) is 0 Å². The van der Waals surface area contributed by atoms with E-state index in [-0.39, 0.29) is 18.9 Å². The van der Waals surface area contributed by atoms with Crippen molar-refractivity contribution in [1.29, 1.82) is 0 Å². The Labute approximate surface area is 35.4 Å². The molecule has 3 heteroatoms. The molecular formula is CH2F2Li. The Balaban J connectivity index is 0. The molecule has 0 aliphatic carbocycles. The molecule has 0 heterocycles. The van der Waals surface area contributed by atoms with Crippen LogP contribution in [0.4, 0.5) is 8.78 Å². The second-order valence-corrected chi connectivity index (χ2v) is 0.101. The van der Waals surface area contributed by atoms with Gasteiger partial charge in [-0.2, -0.15) is 0 Å². The van der Waals surface area contributed by atoms with E-state index in [1.54, 1.807) is 0 Å². The summed E-state index contributed by atoms with van der Waals surface area (Å²) in [6, 6.07) is 0. The van der Waals surface area contributed by atoms with E-state index in [2.05, 4.69) is 0 Å². The average Bonchev–Trinajstić information content (AvgIpc) is 0.918. The predicted octanol–water partition coefficient (Wildman–Crippen LogP) is 0.502. The van der Waals surface area contributed by atoms with Crippen molar-refractivity contribution in [3.8, 4) is 0 Å². The summed E-state index contributed by atoms with van der Waals surface area (Å²) in [4.78, 5) is 0. The molecule has 0 fully saturated rings. The molecule has 21 valence electrons. The summed E-state index contributed by atoms with van der Waals surface area (Å²) in [7, 11) is 0. The summed E-state index contributed by atoms with van der Waals surface area (Å²) in [6.45, 7) is -1.75. The molecule has 0 nitrogen and oxygen atoms in total. The van der Waals surface area contributed by atoms with Crippen molar-refractivity contribution in [2.75, 3.05) is 6.93 Å². The van der Waals surface area contributed by atoms with Crippen molar-refractivity contribution in [3.63, 3.8) is 0 Å². The maximum absolute atomic E-state index is 9.62. The normalized spacial score (nSPS) is 4.50. The van der Waals surface area contributed by atoms with Crippen LogP contribution in [-0.4, -0.2) is 25.8 Å². The number of rotatable bonds is 0. The third kappa shape index (κ3) is 24.9. The molecule has 0 amide bonds. The zero-order valence-corrected chi connectivity index (χ0v) is 2.46. The van der Waals surface area contributed by atoms with Crippen LogP contribution in [-0.2, 0) is 0 Å². The van der Waals surface area contributed by atoms with Gasteiger partial charge in [0.2, 0.25) is 6.93 Å². The molecule has 0 bridgehead atoms. The van der Waals surface area contributed by atoms with Gasteiger partial charge in [0, 0.05) is 18.9 Å². The van der Waals surface area contributed by atoms with E-state index in [1.165, 1.54) is 0 Å². The summed E-state index contributed by atoms with van der Waals surface area (Å²) in [5.74, 6) is 0. The van der Waals surface area contributed by atoms with Gasteiger partial charge in [-0.15, -0.1) is 0 Å². The Hall–Kier alpha value is 0.457. The van der Waals surface area contributed by atoms with Gasteiger partial charge >= 0.3 is 0 Å². The second-order valence-electron chi connectivity index (χ2n) is 0.101. The first-order chi connectivity index (χ1) is 1.41. The molecule has 0 aromatic rings. The quantitative estimate of drug-likeness (QED) is 0.356. The molecule has 0 saturated carbocycles. The van der Waals surface area contributed by atoms with Gasteiger partial charge in [-0.1, -0.05) is 0 Å². The third-order valence-electron chi connectivity index (χ3n) is 0. The van der Waals surface area contributed by atoms with Gasteiger partial charge in [0.25, 0.3) is 0 Å². The standard InChI is InChI=1S/CH2F2.Li/c2-1-3;/h1H2;. The van der Waals surface area contributed by atoms with Gasteiger partial charge in [0.15, 0.2) is 0 Å². The average molecular weight is 59.0 g/mol. The fourth-order valence-electron chi connectivity index (χ4n) is 0. The van der Waals surface area contributed by atoms with Crippen LogP contribution < -0.4 is 0 Å². The van der Waals surface area contributed by atoms with Crippen molar-refractivity contribution >= 4 is 18.9 Å². The zero-order chi connectivity index (χ0) is 2.71. The summed E-state index contributed by atoms with van der Waals surface area (Å²) in [6.07, 6.45) is 0. The molecule has 0 spiro atoms. The fourth-order valence-corrected chi connectivity index (χ4v) is 0. The first-order valence-corrected chi connectivity index (χ1v) is 0.535. The Bertz CT molecular complexity index is 6.00. The molecule has 0 atom stereocenters. The van der Waals surface area contributed by atoms with E-state index in [1.807, 2.05) is 0 Å². The molecule has 4 heavy (non-hydrogen) atoms. The topological polar surface area (TPSA) is 0 Å². The van der Waals surface area contributed by atoms with E-state index in [0.717, 1.165) is 0 Å². The van der Waals surface area contributed by atoms with E-state index >= 15 is 0 Å². The minimum atomic E-state index is -1.75. The first-order valence-electron chi connectivity index (χ1n) is 0.535. The van der Waals surface area contributed by atoms with Gasteiger partial charge in [-0.25, -0.2) is 8.78 Å². The monoisotopic (exact) mass is 59.0 g/mol. The summed E-state index contributed by atoms with van der Waals surface area (Å²) < 4.78 is 19.2. The van der Waals surface area contributed by atoms with Gasteiger partial charge in [0.1, 0.15) is 0 Å². The summed E-state index contributed by atoms with van der Waals surface area (Å²) in [5.41, 5.74) is 0. The van der Waals surface area contributed by atoms with Crippen LogP contribution >= 0.6 is 0 Å². The molecular weight excluding hydrogens is 56.9 g/mol. The van der Waals surface area contributed by atoms with Crippen molar-refractivity contribution in [1.82, 2.24) is 0 Å². The molecule has 0 saturated heterocycles. The summed E-state index contributed by atoms with van der Waals surface area (Å²) in [5, 5.41) is 0. The summed E-state index contributed by atoms with van der Waals surface area (Å²) >= 11 is 0. The molecule has 0 unspecified atom stereocenters. The fraction of sp³-hybridized carbons (Fsp3) is 1.00. The van der Waals surface area contributed by atoms with Crippen LogP contribution in [0.1, 0.15) is 0 Å². The van der Waals surface area contributed by atoms with E-state index in [0.29, 0.717) is 0 Å². The number of halogens is 2. The van der Waals surface area contributed by atoms with Crippen LogP contribution in [0.25, 0.3) is 0 Å². The Kier molecular flexibility index (Phi) is 21.7. The molecule has 1 radical (unpaired) electrons. The third-order valence-corrected chi connectivity index (χ3v) is 0. The van der Waals surface area contributed by atoms with Crippen molar-refractivity contribution in [2.24, 2.45) is 0 Å². The number of alkyl halides is 2. The first kappa shape index (κ1) is 8.82. The molecule has 0 rings (SSSR count). The van der Waals surface area contributed by atoms with E-state index < -0.39 is 6.93 Å². The van der Waals surface area contributed by atoms with Gasteiger partial charge in [0.05, 0.1) is 0 Å². The number of hydrogen-bond donors (Lipinski definition) is 0. The maximum atomic E-state index is 9.62. The Morgan fingerprint density at radius 1 is 1.25 bits per heavy atom. The van der Waals surface area contributed by atoms with Crippen LogP contribution in [0, 0.1) is 0 Å². The molecule has 0 aromatic heterocycles. The molecule has 0 aliphatic heterocycles. The zero-order valence-electron chi connectivity index (χ0n) is 2.46. The van der Waals surface area contributed by atoms with Crippen LogP contribution in [0.15, 0.2) is 0 Å². The van der Waals surface area contributed by atoms with E-state index in [4.69, 9.17) is 0 Å². The molecule has 0 aromatic carbocycles. The smallest absolute Gasteiger partial charge is 0.214 e. The van der Waals surface area contributed by atoms with Gasteiger partial charge in [-0.05, 0) is 0 Å². The molecule has 0 aliphatic rings. The minimum absolute atomic E-state index is 0. The SMILES string of the molecule is FCF.[Li]. The van der Waals surface area contributed by atoms with Crippen LogP contribution in [0.3, 0.4) is 0 Å².